The molecule has 1 aliphatic heterocycles. The van der Waals surface area contributed by atoms with Gasteiger partial charge in [-0.3, -0.25) is 9.69 Å². The fourth-order valence-electron chi connectivity index (χ4n) is 3.41. The number of amides is 1. The van der Waals surface area contributed by atoms with Gasteiger partial charge in [-0.15, -0.1) is 0 Å². The second kappa shape index (κ2) is 8.83. The third-order valence-corrected chi connectivity index (χ3v) is 4.77. The van der Waals surface area contributed by atoms with Crippen LogP contribution in [0.5, 0.6) is 5.75 Å². The van der Waals surface area contributed by atoms with E-state index in [9.17, 15) is 4.79 Å². The summed E-state index contributed by atoms with van der Waals surface area (Å²) in [6, 6.07) is 19.0. The number of nitrogens with zero attached hydrogens (tertiary/aromatic N) is 1. The molecule has 2 N–H and O–H groups in total. The maximum atomic E-state index is 11.7. The molecule has 138 valence electrons. The first-order valence-corrected chi connectivity index (χ1v) is 9.08. The summed E-state index contributed by atoms with van der Waals surface area (Å²) in [7, 11) is 3.86. The Morgan fingerprint density at radius 3 is 2.69 bits per heavy atom. The summed E-state index contributed by atoms with van der Waals surface area (Å²) >= 11 is 0. The van der Waals surface area contributed by atoms with Crippen LogP contribution in [0.25, 0.3) is 11.1 Å². The van der Waals surface area contributed by atoms with E-state index in [4.69, 9.17) is 4.74 Å². The van der Waals surface area contributed by atoms with Gasteiger partial charge in [0.1, 0.15) is 12.4 Å². The Labute approximate surface area is 155 Å². The van der Waals surface area contributed by atoms with Gasteiger partial charge >= 0.3 is 0 Å². The van der Waals surface area contributed by atoms with Crippen molar-refractivity contribution in [2.24, 2.45) is 0 Å². The van der Waals surface area contributed by atoms with Crippen LogP contribution in [0.1, 0.15) is 6.42 Å². The summed E-state index contributed by atoms with van der Waals surface area (Å²) < 4.78 is 6.06. The Morgan fingerprint density at radius 2 is 1.92 bits per heavy atom. The second-order valence-electron chi connectivity index (χ2n) is 6.83. The lowest BCUT2D eigenvalue weighted by Gasteiger charge is -2.19. The number of likely N-dealkylation sites (N-methyl/N-ethyl adjacent to an activating group) is 2. The van der Waals surface area contributed by atoms with Gasteiger partial charge in [0.25, 0.3) is 0 Å². The Kier molecular flexibility index (Phi) is 6.26. The number of hydrogen-bond donors (Lipinski definition) is 2. The Morgan fingerprint density at radius 1 is 1.15 bits per heavy atom. The average molecular weight is 353 g/mol. The molecule has 0 bridgehead atoms. The minimum absolute atomic E-state index is 0.0445. The van der Waals surface area contributed by atoms with Gasteiger partial charge in [0.2, 0.25) is 5.91 Å². The molecule has 1 fully saturated rings. The Bertz CT molecular complexity index is 720. The first-order valence-electron chi connectivity index (χ1n) is 9.08. The summed E-state index contributed by atoms with van der Waals surface area (Å²) in [5.41, 5.74) is 2.34. The number of benzene rings is 2. The molecule has 26 heavy (non-hydrogen) atoms. The second-order valence-corrected chi connectivity index (χ2v) is 6.83. The maximum Gasteiger partial charge on any atom is 0.234 e. The van der Waals surface area contributed by atoms with Crippen molar-refractivity contribution >= 4 is 5.91 Å². The molecule has 1 saturated heterocycles. The molecule has 5 nitrogen and oxygen atoms in total. The summed E-state index contributed by atoms with van der Waals surface area (Å²) in [6.07, 6.45) is 0.907. The zero-order chi connectivity index (χ0) is 18.4. The molecule has 1 amide bonds. The molecule has 0 aliphatic carbocycles. The van der Waals surface area contributed by atoms with Crippen LogP contribution in [0.3, 0.4) is 0 Å². The lowest BCUT2D eigenvalue weighted by molar-refractivity contribution is -0.120. The normalized spacial score (nSPS) is 20.1. The maximum absolute atomic E-state index is 11.7. The number of hydrogen-bond acceptors (Lipinski definition) is 4. The molecule has 2 aromatic carbocycles. The minimum Gasteiger partial charge on any atom is -0.492 e. The first-order chi connectivity index (χ1) is 12.7. The number of rotatable bonds is 7. The van der Waals surface area contributed by atoms with Crippen molar-refractivity contribution in [3.8, 4) is 16.9 Å². The summed E-state index contributed by atoms with van der Waals surface area (Å²) in [6.45, 7) is 1.83. The molecule has 3 rings (SSSR count). The smallest absolute Gasteiger partial charge is 0.234 e. The highest BCUT2D eigenvalue weighted by Gasteiger charge is 2.30. The van der Waals surface area contributed by atoms with Crippen molar-refractivity contribution in [2.45, 2.75) is 18.5 Å². The van der Waals surface area contributed by atoms with Crippen LogP contribution < -0.4 is 15.4 Å². The highest BCUT2D eigenvalue weighted by atomic mass is 16.5. The van der Waals surface area contributed by atoms with Gasteiger partial charge in [-0.05, 0) is 43.8 Å². The first kappa shape index (κ1) is 18.4. The zero-order valence-corrected chi connectivity index (χ0v) is 15.4. The van der Waals surface area contributed by atoms with Crippen molar-refractivity contribution in [3.63, 3.8) is 0 Å². The van der Waals surface area contributed by atoms with Crippen molar-refractivity contribution in [1.29, 1.82) is 0 Å². The largest absolute Gasteiger partial charge is 0.492 e. The molecule has 0 saturated carbocycles. The predicted molar refractivity (Wildman–Crippen MR) is 104 cm³/mol. The van der Waals surface area contributed by atoms with Crippen molar-refractivity contribution < 1.29 is 9.53 Å². The van der Waals surface area contributed by atoms with Gasteiger partial charge in [-0.2, -0.15) is 0 Å². The molecular formula is C21H27N3O2. The Balaban J connectivity index is 1.55. The average Bonchev–Trinajstić information content (AvgIpc) is 3.00. The monoisotopic (exact) mass is 353 g/mol. The number of nitrogens with one attached hydrogen (secondary N) is 2. The molecule has 5 heteroatoms. The van der Waals surface area contributed by atoms with E-state index in [0.717, 1.165) is 24.3 Å². The molecule has 0 unspecified atom stereocenters. The fourth-order valence-corrected chi connectivity index (χ4v) is 3.41. The summed E-state index contributed by atoms with van der Waals surface area (Å²) in [5.74, 6) is 0.922. The predicted octanol–water partition coefficient (Wildman–Crippen LogP) is 2.14. The fraction of sp³-hybridized carbons (Fsp3) is 0.381. The van der Waals surface area contributed by atoms with Crippen LogP contribution in [-0.4, -0.2) is 56.7 Å². The van der Waals surface area contributed by atoms with Crippen LogP contribution in [0.15, 0.2) is 54.6 Å². The van der Waals surface area contributed by atoms with Crippen molar-refractivity contribution in [2.75, 3.05) is 33.8 Å². The lowest BCUT2D eigenvalue weighted by Crippen LogP contribution is -2.40. The van der Waals surface area contributed by atoms with Crippen LogP contribution in [0, 0.1) is 0 Å². The molecule has 0 aromatic heterocycles. The summed E-state index contributed by atoms with van der Waals surface area (Å²) in [4.78, 5) is 14.0. The van der Waals surface area contributed by atoms with Gasteiger partial charge in [-0.25, -0.2) is 0 Å². The highest BCUT2D eigenvalue weighted by Crippen LogP contribution is 2.24. The van der Waals surface area contributed by atoms with E-state index in [0.29, 0.717) is 19.2 Å². The molecule has 0 spiro atoms. The number of ether oxygens (including phenoxy) is 1. The highest BCUT2D eigenvalue weighted by molar-refractivity contribution is 5.78. The molecule has 0 radical (unpaired) electrons. The van der Waals surface area contributed by atoms with E-state index in [2.05, 4.69) is 46.8 Å². The topological polar surface area (TPSA) is 53.6 Å². The van der Waals surface area contributed by atoms with E-state index in [-0.39, 0.29) is 11.9 Å². The van der Waals surface area contributed by atoms with E-state index in [1.54, 1.807) is 7.05 Å². The van der Waals surface area contributed by atoms with Crippen LogP contribution >= 0.6 is 0 Å². The number of carbonyl (C=O) groups is 1. The van der Waals surface area contributed by atoms with E-state index >= 15 is 0 Å². The summed E-state index contributed by atoms with van der Waals surface area (Å²) in [5, 5.41) is 5.95. The minimum atomic E-state index is 0.0445. The van der Waals surface area contributed by atoms with Gasteiger partial charge < -0.3 is 15.4 Å². The molecule has 1 aliphatic rings. The van der Waals surface area contributed by atoms with E-state index in [1.807, 2.05) is 30.3 Å². The van der Waals surface area contributed by atoms with E-state index < -0.39 is 0 Å². The zero-order valence-electron chi connectivity index (χ0n) is 15.4. The lowest BCUT2D eigenvalue weighted by atomic mass is 10.1. The van der Waals surface area contributed by atoms with Crippen molar-refractivity contribution in [3.05, 3.63) is 54.6 Å². The van der Waals surface area contributed by atoms with Gasteiger partial charge in [0.15, 0.2) is 0 Å². The number of carbonyl (C=O) groups excluding carboxylic acids is 1. The van der Waals surface area contributed by atoms with Crippen LogP contribution in [0.4, 0.5) is 0 Å². The molecular weight excluding hydrogens is 326 g/mol. The van der Waals surface area contributed by atoms with Gasteiger partial charge in [0, 0.05) is 18.6 Å². The SMILES string of the molecule is CNCC(=O)N[C@@H]1C[C@@H](COc2cccc(-c3ccccc3)c2)N(C)C1. The van der Waals surface area contributed by atoms with Gasteiger partial charge in [0.05, 0.1) is 6.54 Å². The number of likely N-dealkylation sites (tertiary alicyclic amines) is 1. The van der Waals surface area contributed by atoms with E-state index in [1.165, 1.54) is 5.56 Å². The van der Waals surface area contributed by atoms with Crippen molar-refractivity contribution in [1.82, 2.24) is 15.5 Å². The quantitative estimate of drug-likeness (QED) is 0.801. The standard InChI is InChI=1S/C21H27N3O2/c1-22-13-21(25)23-18-12-19(24(2)14-18)15-26-20-10-6-9-17(11-20)16-7-4-3-5-8-16/h3-11,18-19,22H,12-15H2,1-2H3,(H,23,25)/t18-,19+/m1/s1. The van der Waals surface area contributed by atoms with Crippen LogP contribution in [-0.2, 0) is 4.79 Å². The van der Waals surface area contributed by atoms with Gasteiger partial charge in [-0.1, -0.05) is 42.5 Å². The van der Waals surface area contributed by atoms with Crippen LogP contribution in [0.2, 0.25) is 0 Å². The Hall–Kier alpha value is -2.37. The third kappa shape index (κ3) is 4.84. The third-order valence-electron chi connectivity index (χ3n) is 4.77. The molecule has 2 aromatic rings. The molecule has 2 atom stereocenters. The molecule has 1 heterocycles.